The predicted molar refractivity (Wildman–Crippen MR) is 98.6 cm³/mol. The highest BCUT2D eigenvalue weighted by molar-refractivity contribution is 6.10. The quantitative estimate of drug-likeness (QED) is 0.869. The molecule has 1 atom stereocenters. The highest BCUT2D eigenvalue weighted by atomic mass is 19.1. The molecule has 0 saturated carbocycles. The van der Waals surface area contributed by atoms with Gasteiger partial charge in [-0.2, -0.15) is 0 Å². The summed E-state index contributed by atoms with van der Waals surface area (Å²) in [5.74, 6) is -1.05. The fraction of sp³-hybridized carbons (Fsp3) is 0.300. The fourth-order valence-electron chi connectivity index (χ4n) is 3.33. The average molecular weight is 356 g/mol. The molecule has 0 saturated heterocycles. The second kappa shape index (κ2) is 6.78. The van der Waals surface area contributed by atoms with Crippen LogP contribution in [0.5, 0.6) is 0 Å². The fourth-order valence-corrected chi connectivity index (χ4v) is 3.33. The second-order valence-electron chi connectivity index (χ2n) is 6.54. The zero-order chi connectivity index (χ0) is 19.0. The third-order valence-electron chi connectivity index (χ3n) is 4.93. The molecule has 0 aliphatic carbocycles. The number of anilines is 2. The van der Waals surface area contributed by atoms with Crippen LogP contribution in [0.25, 0.3) is 0 Å². The maximum Gasteiger partial charge on any atom is 0.412 e. The molecule has 3 rings (SSSR count). The Labute approximate surface area is 151 Å². The zero-order valence-corrected chi connectivity index (χ0v) is 15.0. The second-order valence-corrected chi connectivity index (χ2v) is 6.54. The van der Waals surface area contributed by atoms with Gasteiger partial charge in [0, 0.05) is 6.54 Å². The van der Waals surface area contributed by atoms with Crippen molar-refractivity contribution in [3.63, 3.8) is 0 Å². The molecule has 0 bridgehead atoms. The molecule has 2 amide bonds. The summed E-state index contributed by atoms with van der Waals surface area (Å²) in [4.78, 5) is 27.7. The monoisotopic (exact) mass is 356 g/mol. The van der Waals surface area contributed by atoms with Crippen LogP contribution in [-0.4, -0.2) is 29.7 Å². The minimum absolute atomic E-state index is 0.0182. The molecule has 5 nitrogen and oxygen atoms in total. The van der Waals surface area contributed by atoms with Crippen LogP contribution in [0.2, 0.25) is 0 Å². The number of carbonyl (C=O) groups excluding carboxylic acids is 1. The molecule has 2 aromatic rings. The molecule has 1 aliphatic rings. The smallest absolute Gasteiger partial charge is 0.412 e. The molecule has 1 aliphatic heterocycles. The molecule has 136 valence electrons. The summed E-state index contributed by atoms with van der Waals surface area (Å²) >= 11 is 0. The van der Waals surface area contributed by atoms with Gasteiger partial charge in [0.25, 0.3) is 5.91 Å². The van der Waals surface area contributed by atoms with Crippen molar-refractivity contribution in [2.75, 3.05) is 16.3 Å². The number of fused-ring (bicyclic) bond motifs is 1. The lowest BCUT2D eigenvalue weighted by molar-refractivity contribution is 0.0978. The topological polar surface area (TPSA) is 60.9 Å². The van der Waals surface area contributed by atoms with Gasteiger partial charge in [-0.1, -0.05) is 19.1 Å². The van der Waals surface area contributed by atoms with Crippen molar-refractivity contribution in [3.05, 3.63) is 58.9 Å². The van der Waals surface area contributed by atoms with Gasteiger partial charge in [0.1, 0.15) is 5.82 Å². The summed E-state index contributed by atoms with van der Waals surface area (Å²) in [5, 5.41) is 9.70. The van der Waals surface area contributed by atoms with E-state index in [4.69, 9.17) is 0 Å². The number of rotatable bonds is 2. The highest BCUT2D eigenvalue weighted by Crippen LogP contribution is 2.39. The summed E-state index contributed by atoms with van der Waals surface area (Å²) in [6.45, 7) is 5.86. The molecule has 26 heavy (non-hydrogen) atoms. The van der Waals surface area contributed by atoms with Gasteiger partial charge in [0.05, 0.1) is 23.0 Å². The van der Waals surface area contributed by atoms with Gasteiger partial charge >= 0.3 is 6.09 Å². The van der Waals surface area contributed by atoms with E-state index in [1.807, 2.05) is 20.8 Å². The van der Waals surface area contributed by atoms with Crippen LogP contribution in [-0.2, 0) is 0 Å². The molecule has 1 heterocycles. The number of carboxylic acid groups (broad SMARTS) is 1. The van der Waals surface area contributed by atoms with Crippen LogP contribution in [0, 0.1) is 19.7 Å². The van der Waals surface area contributed by atoms with Crippen molar-refractivity contribution in [1.29, 1.82) is 0 Å². The molecule has 2 aromatic carbocycles. The number of benzene rings is 2. The van der Waals surface area contributed by atoms with Crippen molar-refractivity contribution in [2.45, 2.75) is 33.2 Å². The minimum atomic E-state index is -1.06. The Morgan fingerprint density at radius 1 is 1.15 bits per heavy atom. The van der Waals surface area contributed by atoms with E-state index in [-0.39, 0.29) is 12.1 Å². The van der Waals surface area contributed by atoms with E-state index in [0.717, 1.165) is 11.1 Å². The van der Waals surface area contributed by atoms with E-state index in [2.05, 4.69) is 0 Å². The first kappa shape index (κ1) is 17.9. The molecular weight excluding hydrogens is 335 g/mol. The Kier molecular flexibility index (Phi) is 4.68. The van der Waals surface area contributed by atoms with E-state index >= 15 is 0 Å². The number of nitrogens with zero attached hydrogens (tertiary/aromatic N) is 2. The molecule has 0 spiro atoms. The van der Waals surface area contributed by atoms with Gasteiger partial charge in [0.2, 0.25) is 0 Å². The van der Waals surface area contributed by atoms with Crippen molar-refractivity contribution < 1.29 is 19.1 Å². The summed E-state index contributed by atoms with van der Waals surface area (Å²) in [6.07, 6.45) is -0.515. The van der Waals surface area contributed by atoms with Gasteiger partial charge in [-0.05, 0) is 55.7 Å². The molecule has 0 fully saturated rings. The summed E-state index contributed by atoms with van der Waals surface area (Å²) in [6, 6.07) is 9.03. The largest absolute Gasteiger partial charge is 0.465 e. The molecule has 1 unspecified atom stereocenters. The third kappa shape index (κ3) is 2.92. The van der Waals surface area contributed by atoms with Gasteiger partial charge in [0.15, 0.2) is 0 Å². The first-order valence-electron chi connectivity index (χ1n) is 8.55. The lowest BCUT2D eigenvalue weighted by atomic mass is 9.99. The number of aryl methyl sites for hydroxylation is 2. The van der Waals surface area contributed by atoms with Gasteiger partial charge < -0.3 is 10.0 Å². The average Bonchev–Trinajstić information content (AvgIpc) is 2.61. The molecule has 0 aromatic heterocycles. The van der Waals surface area contributed by atoms with Crippen molar-refractivity contribution >= 4 is 23.4 Å². The van der Waals surface area contributed by atoms with Crippen LogP contribution >= 0.6 is 0 Å². The standard InChI is InChI=1S/C20H21FN2O3/c1-4-14-11-22(19(24)15-7-5-6-8-16(15)21)17-9-12(2)13(3)10-18(17)23(14)20(25)26/h5-10,14H,4,11H2,1-3H3,(H,25,26). The highest BCUT2D eigenvalue weighted by Gasteiger charge is 2.37. The molecule has 0 radical (unpaired) electrons. The van der Waals surface area contributed by atoms with Crippen LogP contribution in [0.4, 0.5) is 20.6 Å². The minimum Gasteiger partial charge on any atom is -0.465 e. The molecule has 6 heteroatoms. The van der Waals surface area contributed by atoms with Gasteiger partial charge in [-0.25, -0.2) is 9.18 Å². The van der Waals surface area contributed by atoms with Crippen LogP contribution in [0.1, 0.15) is 34.8 Å². The van der Waals surface area contributed by atoms with E-state index in [0.29, 0.717) is 17.8 Å². The molecular formula is C20H21FN2O3. The zero-order valence-electron chi connectivity index (χ0n) is 15.0. The predicted octanol–water partition coefficient (Wildman–Crippen LogP) is 4.37. The SMILES string of the molecule is CCC1CN(C(=O)c2ccccc2F)c2cc(C)c(C)cc2N1C(=O)O. The van der Waals surface area contributed by atoms with Crippen LogP contribution < -0.4 is 9.80 Å². The Morgan fingerprint density at radius 3 is 2.35 bits per heavy atom. The Bertz CT molecular complexity index is 881. The number of hydrogen-bond acceptors (Lipinski definition) is 2. The number of halogens is 1. The van der Waals surface area contributed by atoms with E-state index < -0.39 is 23.9 Å². The number of carbonyl (C=O) groups is 2. The van der Waals surface area contributed by atoms with Crippen LogP contribution in [0.3, 0.4) is 0 Å². The maximum atomic E-state index is 14.1. The van der Waals surface area contributed by atoms with E-state index in [1.54, 1.807) is 18.2 Å². The summed E-state index contributed by atoms with van der Waals surface area (Å²) < 4.78 is 14.1. The number of hydrogen-bond donors (Lipinski definition) is 1. The lowest BCUT2D eigenvalue weighted by Gasteiger charge is -2.41. The Hall–Kier alpha value is -2.89. The van der Waals surface area contributed by atoms with Crippen LogP contribution in [0.15, 0.2) is 36.4 Å². The van der Waals surface area contributed by atoms with Crippen molar-refractivity contribution in [3.8, 4) is 0 Å². The lowest BCUT2D eigenvalue weighted by Crippen LogP contribution is -2.52. The first-order valence-corrected chi connectivity index (χ1v) is 8.55. The van der Waals surface area contributed by atoms with E-state index in [9.17, 15) is 19.1 Å². The summed E-state index contributed by atoms with van der Waals surface area (Å²) in [7, 11) is 0. The first-order chi connectivity index (χ1) is 12.3. The third-order valence-corrected chi connectivity index (χ3v) is 4.93. The Morgan fingerprint density at radius 2 is 1.77 bits per heavy atom. The maximum absolute atomic E-state index is 14.1. The van der Waals surface area contributed by atoms with Crippen molar-refractivity contribution in [1.82, 2.24) is 0 Å². The summed E-state index contributed by atoms with van der Waals surface area (Å²) in [5.41, 5.74) is 2.81. The van der Waals surface area contributed by atoms with Crippen molar-refractivity contribution in [2.24, 2.45) is 0 Å². The van der Waals surface area contributed by atoms with E-state index in [1.165, 1.54) is 28.0 Å². The van der Waals surface area contributed by atoms with Gasteiger partial charge in [-0.3, -0.25) is 9.69 Å². The Balaban J connectivity index is 2.17. The number of amides is 2. The normalized spacial score (nSPS) is 16.4. The van der Waals surface area contributed by atoms with Gasteiger partial charge in [-0.15, -0.1) is 0 Å². The molecule has 1 N–H and O–H groups in total.